The third kappa shape index (κ3) is 4.19. The zero-order chi connectivity index (χ0) is 17.9. The summed E-state index contributed by atoms with van der Waals surface area (Å²) in [4.78, 5) is 4.59. The van der Waals surface area contributed by atoms with Gasteiger partial charge in [-0.25, -0.2) is 13.8 Å². The predicted octanol–water partition coefficient (Wildman–Crippen LogP) is 5.37. The summed E-state index contributed by atoms with van der Waals surface area (Å²) in [5, 5.41) is 3.22. The lowest BCUT2D eigenvalue weighted by Gasteiger charge is -2.27. The van der Waals surface area contributed by atoms with E-state index in [4.69, 9.17) is 11.6 Å². The van der Waals surface area contributed by atoms with E-state index in [9.17, 15) is 8.78 Å². The van der Waals surface area contributed by atoms with Gasteiger partial charge in [-0.05, 0) is 62.2 Å². The molecule has 128 valence electrons. The first-order valence-electron chi connectivity index (χ1n) is 7.69. The van der Waals surface area contributed by atoms with Crippen LogP contribution in [0, 0.1) is 5.82 Å². The van der Waals surface area contributed by atoms with Crippen LogP contribution in [0.4, 0.5) is 8.78 Å². The molecule has 0 aliphatic rings. The van der Waals surface area contributed by atoms with Crippen LogP contribution in [-0.2, 0) is 5.54 Å². The van der Waals surface area contributed by atoms with E-state index in [1.54, 1.807) is 12.1 Å². The molecular weight excluding hydrogens is 330 g/mol. The minimum absolute atomic E-state index is 0.0476. The highest BCUT2D eigenvalue weighted by Gasteiger charge is 2.22. The fraction of sp³-hybridized carbons (Fsp3) is 0.316. The molecule has 24 heavy (non-hydrogen) atoms. The SMILES string of the molecule is C=C(C)c1cc(C(C)(C)NCCF)cc(-c2ccc(F)c(Cl)c2)n1. The molecule has 2 nitrogen and oxygen atoms in total. The van der Waals surface area contributed by atoms with Gasteiger partial charge in [0.15, 0.2) is 0 Å². The Morgan fingerprint density at radius 3 is 2.58 bits per heavy atom. The van der Waals surface area contributed by atoms with Crippen molar-refractivity contribution < 1.29 is 8.78 Å². The van der Waals surface area contributed by atoms with Gasteiger partial charge in [-0.15, -0.1) is 0 Å². The summed E-state index contributed by atoms with van der Waals surface area (Å²) >= 11 is 5.89. The Balaban J connectivity index is 2.56. The molecule has 0 atom stereocenters. The van der Waals surface area contributed by atoms with Gasteiger partial charge in [0, 0.05) is 17.6 Å². The number of pyridine rings is 1. The quantitative estimate of drug-likeness (QED) is 0.757. The normalized spacial score (nSPS) is 11.6. The van der Waals surface area contributed by atoms with Crippen LogP contribution in [0.25, 0.3) is 16.8 Å². The zero-order valence-corrected chi connectivity index (χ0v) is 14.8. The Bertz CT molecular complexity index is 757. The second-order valence-electron chi connectivity index (χ2n) is 6.28. The summed E-state index contributed by atoms with van der Waals surface area (Å²) in [6, 6.07) is 8.34. The van der Waals surface area contributed by atoms with Crippen molar-refractivity contribution in [1.82, 2.24) is 10.3 Å². The molecule has 0 amide bonds. The van der Waals surface area contributed by atoms with Crippen LogP contribution in [0.15, 0.2) is 36.9 Å². The third-order valence-electron chi connectivity index (χ3n) is 3.86. The van der Waals surface area contributed by atoms with Crippen LogP contribution in [0.2, 0.25) is 5.02 Å². The molecule has 0 aliphatic heterocycles. The van der Waals surface area contributed by atoms with Crippen LogP contribution in [0.5, 0.6) is 0 Å². The smallest absolute Gasteiger partial charge is 0.141 e. The van der Waals surface area contributed by atoms with E-state index in [0.29, 0.717) is 11.3 Å². The van der Waals surface area contributed by atoms with Crippen LogP contribution >= 0.6 is 11.6 Å². The van der Waals surface area contributed by atoms with E-state index in [0.717, 1.165) is 16.8 Å². The van der Waals surface area contributed by atoms with E-state index >= 15 is 0 Å². The van der Waals surface area contributed by atoms with Crippen molar-refractivity contribution in [2.24, 2.45) is 0 Å². The highest BCUT2D eigenvalue weighted by molar-refractivity contribution is 6.31. The Kier molecular flexibility index (Phi) is 5.73. The van der Waals surface area contributed by atoms with Crippen LogP contribution in [0.3, 0.4) is 0 Å². The van der Waals surface area contributed by atoms with Crippen molar-refractivity contribution in [1.29, 1.82) is 0 Å². The number of rotatable bonds is 6. The fourth-order valence-corrected chi connectivity index (χ4v) is 2.56. The maximum atomic E-state index is 13.4. The molecule has 0 unspecified atom stereocenters. The summed E-state index contributed by atoms with van der Waals surface area (Å²) in [6.45, 7) is 9.58. The number of alkyl halides is 1. The number of halogens is 3. The molecule has 5 heteroatoms. The number of aromatic nitrogens is 1. The van der Waals surface area contributed by atoms with E-state index in [1.165, 1.54) is 6.07 Å². The van der Waals surface area contributed by atoms with Gasteiger partial charge in [0.05, 0.1) is 16.4 Å². The van der Waals surface area contributed by atoms with Gasteiger partial charge in [-0.1, -0.05) is 18.2 Å². The monoisotopic (exact) mass is 350 g/mol. The van der Waals surface area contributed by atoms with E-state index in [-0.39, 0.29) is 11.6 Å². The lowest BCUT2D eigenvalue weighted by atomic mass is 9.92. The zero-order valence-electron chi connectivity index (χ0n) is 14.1. The molecule has 2 rings (SSSR count). The summed E-state index contributed by atoms with van der Waals surface area (Å²) in [5.41, 5.74) is 3.43. The second-order valence-corrected chi connectivity index (χ2v) is 6.68. The fourth-order valence-electron chi connectivity index (χ4n) is 2.38. The average Bonchev–Trinajstić information content (AvgIpc) is 2.55. The largest absolute Gasteiger partial charge is 0.305 e. The second kappa shape index (κ2) is 7.41. The van der Waals surface area contributed by atoms with Gasteiger partial charge in [0.25, 0.3) is 0 Å². The molecule has 0 radical (unpaired) electrons. The molecular formula is C19H21ClF2N2. The molecule has 0 fully saturated rings. The van der Waals surface area contributed by atoms with Crippen molar-refractivity contribution in [2.45, 2.75) is 26.3 Å². The number of allylic oxidation sites excluding steroid dienone is 1. The molecule has 0 saturated heterocycles. The van der Waals surface area contributed by atoms with E-state index in [1.807, 2.05) is 32.9 Å². The molecule has 2 aromatic rings. The molecule has 1 aromatic heterocycles. The van der Waals surface area contributed by atoms with Crippen molar-refractivity contribution in [3.63, 3.8) is 0 Å². The Hall–Kier alpha value is -1.78. The average molecular weight is 351 g/mol. The number of nitrogens with zero attached hydrogens (tertiary/aromatic N) is 1. The van der Waals surface area contributed by atoms with Crippen LogP contribution < -0.4 is 5.32 Å². The minimum atomic E-state index is -0.471. The van der Waals surface area contributed by atoms with Crippen molar-refractivity contribution in [2.75, 3.05) is 13.2 Å². The lowest BCUT2D eigenvalue weighted by Crippen LogP contribution is -2.38. The predicted molar refractivity (Wildman–Crippen MR) is 96.4 cm³/mol. The highest BCUT2D eigenvalue weighted by Crippen LogP contribution is 2.29. The first-order valence-corrected chi connectivity index (χ1v) is 8.07. The summed E-state index contributed by atoms with van der Waals surface area (Å²) in [7, 11) is 0. The van der Waals surface area contributed by atoms with Crippen molar-refractivity contribution in [3.8, 4) is 11.3 Å². The Morgan fingerprint density at radius 2 is 2.00 bits per heavy atom. The summed E-state index contributed by atoms with van der Waals surface area (Å²) in [6.07, 6.45) is 0. The van der Waals surface area contributed by atoms with Crippen LogP contribution in [0.1, 0.15) is 32.0 Å². The Morgan fingerprint density at radius 1 is 1.29 bits per heavy atom. The first kappa shape index (κ1) is 18.6. The minimum Gasteiger partial charge on any atom is -0.305 e. The maximum absolute atomic E-state index is 13.4. The van der Waals surface area contributed by atoms with E-state index in [2.05, 4.69) is 16.9 Å². The molecule has 0 spiro atoms. The number of hydrogen-bond acceptors (Lipinski definition) is 2. The van der Waals surface area contributed by atoms with Gasteiger partial charge < -0.3 is 5.32 Å². The highest BCUT2D eigenvalue weighted by atomic mass is 35.5. The molecule has 1 N–H and O–H groups in total. The molecule has 0 aliphatic carbocycles. The number of nitrogens with one attached hydrogen (secondary N) is 1. The standard InChI is InChI=1S/C19H21ClF2N2/c1-12(2)17-10-14(19(3,4)23-8-7-21)11-18(24-17)13-5-6-16(22)15(20)9-13/h5-6,9-11,23H,1,7-8H2,2-4H3. The van der Waals surface area contributed by atoms with Gasteiger partial charge in [-0.2, -0.15) is 0 Å². The Labute approximate surface area is 146 Å². The third-order valence-corrected chi connectivity index (χ3v) is 4.15. The van der Waals surface area contributed by atoms with E-state index < -0.39 is 18.0 Å². The topological polar surface area (TPSA) is 24.9 Å². The molecule has 0 saturated carbocycles. The van der Waals surface area contributed by atoms with Crippen LogP contribution in [-0.4, -0.2) is 18.2 Å². The van der Waals surface area contributed by atoms with Crippen molar-refractivity contribution in [3.05, 3.63) is 59.0 Å². The van der Waals surface area contributed by atoms with Gasteiger partial charge >= 0.3 is 0 Å². The maximum Gasteiger partial charge on any atom is 0.141 e. The molecule has 1 heterocycles. The number of benzene rings is 1. The van der Waals surface area contributed by atoms with Crippen molar-refractivity contribution >= 4 is 17.2 Å². The van der Waals surface area contributed by atoms with Gasteiger partial charge in [0.2, 0.25) is 0 Å². The summed E-state index contributed by atoms with van der Waals surface area (Å²) in [5.74, 6) is -0.471. The molecule has 0 bridgehead atoms. The summed E-state index contributed by atoms with van der Waals surface area (Å²) < 4.78 is 26.0. The number of hydrogen-bond donors (Lipinski definition) is 1. The lowest BCUT2D eigenvalue weighted by molar-refractivity contribution is 0.365. The van der Waals surface area contributed by atoms with Gasteiger partial charge in [-0.3, -0.25) is 0 Å². The molecule has 1 aromatic carbocycles. The first-order chi connectivity index (χ1) is 11.2. The van der Waals surface area contributed by atoms with Gasteiger partial charge in [0.1, 0.15) is 12.5 Å².